The Hall–Kier alpha value is -3.03. The number of aryl methyl sites for hydroxylation is 2. The van der Waals surface area contributed by atoms with Crippen LogP contribution in [0.5, 0.6) is 0 Å². The molecule has 6 nitrogen and oxygen atoms in total. The normalized spacial score (nSPS) is 18.5. The number of unbranched alkanes of at least 4 members (excludes halogenated alkanes) is 1. The Balaban J connectivity index is 0.000000333. The molecule has 0 unspecified atom stereocenters. The Morgan fingerprint density at radius 1 is 1.10 bits per heavy atom. The number of allylic oxidation sites excluding steroid dienone is 2. The summed E-state index contributed by atoms with van der Waals surface area (Å²) in [5.41, 5.74) is 3.76. The van der Waals surface area contributed by atoms with Gasteiger partial charge < -0.3 is 9.64 Å². The summed E-state index contributed by atoms with van der Waals surface area (Å²) in [6.07, 6.45) is 10.8. The summed E-state index contributed by atoms with van der Waals surface area (Å²) >= 11 is 0. The third-order valence-electron chi connectivity index (χ3n) is 7.37. The Labute approximate surface area is 231 Å². The molecular formula is C31H42F2N4O2. The van der Waals surface area contributed by atoms with Crippen LogP contribution < -0.4 is 4.90 Å². The van der Waals surface area contributed by atoms with Gasteiger partial charge in [-0.15, -0.1) is 0 Å². The zero-order valence-corrected chi connectivity index (χ0v) is 24.2. The molecule has 2 heterocycles. The quantitative estimate of drug-likeness (QED) is 0.400. The molecule has 1 spiro atoms. The van der Waals surface area contributed by atoms with Crippen LogP contribution >= 0.6 is 0 Å². The minimum atomic E-state index is -0.521. The average molecular weight is 541 g/mol. The summed E-state index contributed by atoms with van der Waals surface area (Å²) in [6.45, 7) is 14.0. The topological polar surface area (TPSA) is 58.6 Å². The summed E-state index contributed by atoms with van der Waals surface area (Å²) in [5.74, 6) is 0.657. The van der Waals surface area contributed by atoms with Gasteiger partial charge in [0.2, 0.25) is 0 Å². The molecule has 39 heavy (non-hydrogen) atoms. The van der Waals surface area contributed by atoms with Crippen LogP contribution in [0.15, 0.2) is 30.6 Å². The van der Waals surface area contributed by atoms with Gasteiger partial charge in [0.1, 0.15) is 29.4 Å². The number of benzene rings is 1. The molecule has 2 aromatic rings. The van der Waals surface area contributed by atoms with Crippen molar-refractivity contribution in [1.29, 1.82) is 0 Å². The highest BCUT2D eigenvalue weighted by Gasteiger charge is 2.54. The molecule has 3 fully saturated rings. The number of nitrogens with zero attached hydrogens (tertiary/aromatic N) is 4. The maximum absolute atomic E-state index is 12.8. The number of carbonyl (C=O) groups excluding carboxylic acids is 1. The van der Waals surface area contributed by atoms with Crippen LogP contribution in [0.3, 0.4) is 0 Å². The standard InChI is InChI=1S/C24H36N4O2.C7H6F2/c1-6-7-8-19(18-9-10-18)20-17(2)25-16-26-21(20)27-13-14-28(24(15-27)11-12-24)22(29)30-23(3,4)5;1-5-2-6(8)4-7(9)3-5/h8,16,18H,6-7,9-15H2,1-5H3;2-4H,1H3/b19-8-;. The highest BCUT2D eigenvalue weighted by atomic mass is 19.1. The number of rotatable bonds is 5. The van der Waals surface area contributed by atoms with E-state index in [1.54, 1.807) is 13.3 Å². The van der Waals surface area contributed by atoms with Crippen molar-refractivity contribution in [2.45, 2.75) is 91.2 Å². The van der Waals surface area contributed by atoms with Gasteiger partial charge >= 0.3 is 6.09 Å². The lowest BCUT2D eigenvalue weighted by Gasteiger charge is -2.43. The van der Waals surface area contributed by atoms with Crippen LogP contribution in [0.2, 0.25) is 0 Å². The fraction of sp³-hybridized carbons (Fsp3) is 0.581. The number of piperazine rings is 1. The molecule has 2 saturated carbocycles. The van der Waals surface area contributed by atoms with Crippen molar-refractivity contribution < 1.29 is 18.3 Å². The number of ether oxygens (including phenoxy) is 1. The van der Waals surface area contributed by atoms with Crippen molar-refractivity contribution in [2.75, 3.05) is 24.5 Å². The largest absolute Gasteiger partial charge is 0.444 e. The van der Waals surface area contributed by atoms with Crippen LogP contribution in [0, 0.1) is 31.4 Å². The lowest BCUT2D eigenvalue weighted by atomic mass is 9.97. The summed E-state index contributed by atoms with van der Waals surface area (Å²) in [5, 5.41) is 0. The molecule has 5 rings (SSSR count). The first-order chi connectivity index (χ1) is 18.4. The minimum absolute atomic E-state index is 0.108. The van der Waals surface area contributed by atoms with E-state index in [0.717, 1.165) is 56.4 Å². The molecule has 2 aliphatic carbocycles. The van der Waals surface area contributed by atoms with Gasteiger partial charge in [-0.2, -0.15) is 0 Å². The Bertz CT molecular complexity index is 1170. The van der Waals surface area contributed by atoms with E-state index in [4.69, 9.17) is 9.72 Å². The summed E-state index contributed by atoms with van der Waals surface area (Å²) in [4.78, 5) is 26.5. The molecule has 3 aliphatic rings. The number of hydrogen-bond acceptors (Lipinski definition) is 5. The molecule has 1 saturated heterocycles. The Kier molecular flexibility index (Phi) is 8.62. The smallest absolute Gasteiger partial charge is 0.410 e. The van der Waals surface area contributed by atoms with Gasteiger partial charge in [-0.1, -0.05) is 19.4 Å². The summed E-state index contributed by atoms with van der Waals surface area (Å²) in [7, 11) is 0. The Morgan fingerprint density at radius 2 is 1.77 bits per heavy atom. The third kappa shape index (κ3) is 7.34. The van der Waals surface area contributed by atoms with E-state index in [1.165, 1.54) is 36.1 Å². The summed E-state index contributed by atoms with van der Waals surface area (Å²) < 4.78 is 30.1. The fourth-order valence-corrected chi connectivity index (χ4v) is 5.23. The number of anilines is 1. The maximum Gasteiger partial charge on any atom is 0.410 e. The van der Waals surface area contributed by atoms with Crippen molar-refractivity contribution in [3.8, 4) is 0 Å². The van der Waals surface area contributed by atoms with Gasteiger partial charge in [0.05, 0.1) is 11.2 Å². The van der Waals surface area contributed by atoms with Gasteiger partial charge in [0.15, 0.2) is 0 Å². The molecule has 8 heteroatoms. The minimum Gasteiger partial charge on any atom is -0.444 e. The van der Waals surface area contributed by atoms with E-state index in [0.29, 0.717) is 18.0 Å². The van der Waals surface area contributed by atoms with E-state index in [-0.39, 0.29) is 11.6 Å². The van der Waals surface area contributed by atoms with E-state index in [2.05, 4.69) is 29.8 Å². The van der Waals surface area contributed by atoms with Gasteiger partial charge in [-0.25, -0.2) is 23.5 Å². The first kappa shape index (κ1) is 29.0. The van der Waals surface area contributed by atoms with Crippen molar-refractivity contribution in [1.82, 2.24) is 14.9 Å². The molecule has 0 N–H and O–H groups in total. The number of carbonyl (C=O) groups is 1. The number of amides is 1. The molecule has 1 amide bonds. The summed E-state index contributed by atoms with van der Waals surface area (Å²) in [6, 6.07) is 3.42. The molecule has 1 aromatic carbocycles. The van der Waals surface area contributed by atoms with Crippen molar-refractivity contribution in [2.24, 2.45) is 5.92 Å². The maximum atomic E-state index is 12.8. The molecule has 0 radical (unpaired) electrons. The van der Waals surface area contributed by atoms with Crippen molar-refractivity contribution >= 4 is 17.5 Å². The molecule has 212 valence electrons. The average Bonchev–Trinajstić information content (AvgIpc) is 3.76. The van der Waals surface area contributed by atoms with Crippen LogP contribution in [-0.4, -0.2) is 51.7 Å². The first-order valence-corrected chi connectivity index (χ1v) is 14.1. The van der Waals surface area contributed by atoms with E-state index >= 15 is 0 Å². The van der Waals surface area contributed by atoms with Gasteiger partial charge in [-0.05, 0) is 95.9 Å². The second kappa shape index (κ2) is 11.6. The van der Waals surface area contributed by atoms with Gasteiger partial charge in [-0.3, -0.25) is 4.90 Å². The molecular weight excluding hydrogens is 498 g/mol. The van der Waals surface area contributed by atoms with Gasteiger partial charge in [0.25, 0.3) is 0 Å². The second-order valence-electron chi connectivity index (χ2n) is 12.1. The van der Waals surface area contributed by atoms with E-state index < -0.39 is 17.2 Å². The molecule has 1 aliphatic heterocycles. The van der Waals surface area contributed by atoms with Crippen LogP contribution in [0.25, 0.3) is 5.57 Å². The van der Waals surface area contributed by atoms with E-state index in [1.807, 2.05) is 25.7 Å². The van der Waals surface area contributed by atoms with Crippen LogP contribution in [-0.2, 0) is 4.74 Å². The zero-order valence-electron chi connectivity index (χ0n) is 24.2. The van der Waals surface area contributed by atoms with Crippen LogP contribution in [0.4, 0.5) is 19.4 Å². The lowest BCUT2D eigenvalue weighted by Crippen LogP contribution is -2.58. The highest BCUT2D eigenvalue weighted by Crippen LogP contribution is 2.48. The van der Waals surface area contributed by atoms with Gasteiger partial charge in [0, 0.05) is 31.3 Å². The fourth-order valence-electron chi connectivity index (χ4n) is 5.23. The Morgan fingerprint density at radius 3 is 2.31 bits per heavy atom. The highest BCUT2D eigenvalue weighted by molar-refractivity contribution is 5.79. The first-order valence-electron chi connectivity index (χ1n) is 14.1. The monoisotopic (exact) mass is 540 g/mol. The number of aromatic nitrogens is 2. The molecule has 0 atom stereocenters. The third-order valence-corrected chi connectivity index (χ3v) is 7.37. The molecule has 1 aromatic heterocycles. The predicted octanol–water partition coefficient (Wildman–Crippen LogP) is 7.24. The lowest BCUT2D eigenvalue weighted by molar-refractivity contribution is 0.0106. The number of hydrogen-bond donors (Lipinski definition) is 0. The van der Waals surface area contributed by atoms with Crippen molar-refractivity contribution in [3.63, 3.8) is 0 Å². The van der Waals surface area contributed by atoms with Crippen LogP contribution in [0.1, 0.15) is 83.0 Å². The van der Waals surface area contributed by atoms with E-state index in [9.17, 15) is 13.6 Å². The number of halogens is 2. The zero-order chi connectivity index (χ0) is 28.4. The predicted molar refractivity (Wildman–Crippen MR) is 151 cm³/mol. The molecule has 0 bridgehead atoms. The van der Waals surface area contributed by atoms with Crippen molar-refractivity contribution in [3.05, 3.63) is 59.1 Å². The second-order valence-corrected chi connectivity index (χ2v) is 12.1. The SMILES string of the molecule is CCC/C=C(\c1c(C)ncnc1N1CCN(C(=O)OC(C)(C)C)C2(CC2)C1)C1CC1.Cc1cc(F)cc(F)c1.